The Balaban J connectivity index is 3.83. The summed E-state index contributed by atoms with van der Waals surface area (Å²) in [7, 11) is 0. The summed E-state index contributed by atoms with van der Waals surface area (Å²) in [5.74, 6) is -1.38. The van der Waals surface area contributed by atoms with E-state index in [1.165, 1.54) is 0 Å². The van der Waals surface area contributed by atoms with Gasteiger partial charge in [0.25, 0.3) is 0 Å². The summed E-state index contributed by atoms with van der Waals surface area (Å²) < 4.78 is 0. The highest BCUT2D eigenvalue weighted by atomic mass is 16.4. The highest BCUT2D eigenvalue weighted by molar-refractivity contribution is 5.76. The van der Waals surface area contributed by atoms with Crippen molar-refractivity contribution in [3.63, 3.8) is 0 Å². The molecule has 0 spiro atoms. The zero-order chi connectivity index (χ0) is 12.6. The van der Waals surface area contributed by atoms with Gasteiger partial charge in [-0.2, -0.15) is 0 Å². The van der Waals surface area contributed by atoms with Crippen LogP contribution in [0.2, 0.25) is 0 Å². The van der Waals surface area contributed by atoms with Crippen LogP contribution in [0.15, 0.2) is 0 Å². The predicted molar refractivity (Wildman–Crippen MR) is 62.3 cm³/mol. The molecule has 0 bridgehead atoms. The van der Waals surface area contributed by atoms with E-state index >= 15 is 0 Å². The lowest BCUT2D eigenvalue weighted by Crippen LogP contribution is -2.43. The number of carboxylic acid groups (broad SMARTS) is 1. The van der Waals surface area contributed by atoms with Crippen molar-refractivity contribution >= 4 is 12.0 Å². The molecule has 16 heavy (non-hydrogen) atoms. The van der Waals surface area contributed by atoms with Crippen LogP contribution in [0.1, 0.15) is 40.0 Å². The Kier molecular flexibility index (Phi) is 7.33. The third-order valence-electron chi connectivity index (χ3n) is 2.45. The van der Waals surface area contributed by atoms with Crippen LogP contribution in [0.4, 0.5) is 4.79 Å². The quantitative estimate of drug-likeness (QED) is 0.621. The number of carbonyl (C=O) groups excluding carboxylic acids is 1. The Morgan fingerprint density at radius 2 is 1.94 bits per heavy atom. The maximum Gasteiger partial charge on any atom is 0.315 e. The molecule has 94 valence electrons. The zero-order valence-corrected chi connectivity index (χ0v) is 10.2. The van der Waals surface area contributed by atoms with Crippen LogP contribution in [-0.4, -0.2) is 29.7 Å². The summed E-state index contributed by atoms with van der Waals surface area (Å²) >= 11 is 0. The minimum absolute atomic E-state index is 0.120. The van der Waals surface area contributed by atoms with Crippen molar-refractivity contribution in [3.05, 3.63) is 0 Å². The number of hydrogen-bond donors (Lipinski definition) is 3. The van der Waals surface area contributed by atoms with Crippen LogP contribution >= 0.6 is 0 Å². The van der Waals surface area contributed by atoms with Gasteiger partial charge in [0.1, 0.15) is 0 Å². The van der Waals surface area contributed by atoms with E-state index in [0.29, 0.717) is 6.42 Å². The van der Waals surface area contributed by atoms with E-state index in [9.17, 15) is 9.59 Å². The number of urea groups is 1. The van der Waals surface area contributed by atoms with Crippen molar-refractivity contribution in [3.8, 4) is 0 Å². The van der Waals surface area contributed by atoms with E-state index in [2.05, 4.69) is 10.6 Å². The molecule has 0 aliphatic rings. The summed E-state index contributed by atoms with van der Waals surface area (Å²) in [5, 5.41) is 14.1. The molecular weight excluding hydrogens is 208 g/mol. The van der Waals surface area contributed by atoms with Gasteiger partial charge in [-0.05, 0) is 19.8 Å². The lowest BCUT2D eigenvalue weighted by atomic mass is 10.1. The van der Waals surface area contributed by atoms with Gasteiger partial charge in [-0.25, -0.2) is 4.79 Å². The van der Waals surface area contributed by atoms with Crippen LogP contribution in [0, 0.1) is 5.92 Å². The standard InChI is InChI=1S/C11H22N2O3/c1-4-6-8(3)13-11(16)12-7-9(5-2)10(14)15/h8-9H,4-7H2,1-3H3,(H,14,15)(H2,12,13,16). The second-order valence-corrected chi connectivity index (χ2v) is 3.99. The van der Waals surface area contributed by atoms with Gasteiger partial charge >= 0.3 is 12.0 Å². The fourth-order valence-electron chi connectivity index (χ4n) is 1.40. The Hall–Kier alpha value is -1.26. The molecule has 0 saturated heterocycles. The van der Waals surface area contributed by atoms with Gasteiger partial charge in [-0.15, -0.1) is 0 Å². The first-order valence-electron chi connectivity index (χ1n) is 5.78. The second kappa shape index (κ2) is 7.96. The van der Waals surface area contributed by atoms with Crippen LogP contribution in [-0.2, 0) is 4.79 Å². The van der Waals surface area contributed by atoms with E-state index in [1.54, 1.807) is 6.92 Å². The van der Waals surface area contributed by atoms with E-state index in [1.807, 2.05) is 13.8 Å². The number of carbonyl (C=O) groups is 2. The van der Waals surface area contributed by atoms with E-state index in [0.717, 1.165) is 12.8 Å². The SMILES string of the molecule is CCCC(C)NC(=O)NCC(CC)C(=O)O. The first-order valence-corrected chi connectivity index (χ1v) is 5.78. The average Bonchev–Trinajstić information content (AvgIpc) is 2.18. The third kappa shape index (κ3) is 6.27. The molecule has 3 N–H and O–H groups in total. The molecule has 2 atom stereocenters. The summed E-state index contributed by atoms with van der Waals surface area (Å²) in [5.41, 5.74) is 0. The summed E-state index contributed by atoms with van der Waals surface area (Å²) in [4.78, 5) is 22.1. The topological polar surface area (TPSA) is 78.4 Å². The normalized spacial score (nSPS) is 13.9. The fourth-order valence-corrected chi connectivity index (χ4v) is 1.40. The largest absolute Gasteiger partial charge is 0.481 e. The Morgan fingerprint density at radius 1 is 1.31 bits per heavy atom. The molecule has 0 aromatic carbocycles. The van der Waals surface area contributed by atoms with Gasteiger partial charge in [0, 0.05) is 12.6 Å². The van der Waals surface area contributed by atoms with Crippen molar-refractivity contribution in [1.82, 2.24) is 10.6 Å². The van der Waals surface area contributed by atoms with Gasteiger partial charge in [0.2, 0.25) is 0 Å². The number of carboxylic acids is 1. The number of rotatable bonds is 7. The van der Waals surface area contributed by atoms with E-state index < -0.39 is 11.9 Å². The first kappa shape index (κ1) is 14.7. The van der Waals surface area contributed by atoms with Gasteiger partial charge in [-0.3, -0.25) is 4.79 Å². The smallest absolute Gasteiger partial charge is 0.315 e. The van der Waals surface area contributed by atoms with Crippen LogP contribution < -0.4 is 10.6 Å². The van der Waals surface area contributed by atoms with Gasteiger partial charge in [0.05, 0.1) is 5.92 Å². The Bertz CT molecular complexity index is 231. The van der Waals surface area contributed by atoms with Crippen molar-refractivity contribution in [2.24, 2.45) is 5.92 Å². The molecule has 0 fully saturated rings. The van der Waals surface area contributed by atoms with E-state index in [4.69, 9.17) is 5.11 Å². The van der Waals surface area contributed by atoms with Crippen molar-refractivity contribution in [2.75, 3.05) is 6.54 Å². The molecule has 2 amide bonds. The molecule has 0 aliphatic heterocycles. The molecular formula is C11H22N2O3. The summed E-state index contributed by atoms with van der Waals surface area (Å²) in [6.07, 6.45) is 2.44. The maximum absolute atomic E-state index is 11.4. The first-order chi connectivity index (χ1) is 7.51. The molecule has 5 nitrogen and oxygen atoms in total. The minimum Gasteiger partial charge on any atom is -0.481 e. The van der Waals surface area contributed by atoms with Crippen molar-refractivity contribution in [2.45, 2.75) is 46.1 Å². The number of amides is 2. The van der Waals surface area contributed by atoms with Gasteiger partial charge in [-0.1, -0.05) is 20.3 Å². The Morgan fingerprint density at radius 3 is 2.38 bits per heavy atom. The predicted octanol–water partition coefficient (Wildman–Crippen LogP) is 1.58. The molecule has 0 aromatic rings. The van der Waals surface area contributed by atoms with Crippen molar-refractivity contribution in [1.29, 1.82) is 0 Å². The molecule has 0 aromatic heterocycles. The van der Waals surface area contributed by atoms with Crippen LogP contribution in [0.25, 0.3) is 0 Å². The molecule has 0 radical (unpaired) electrons. The van der Waals surface area contributed by atoms with E-state index in [-0.39, 0.29) is 18.6 Å². The highest BCUT2D eigenvalue weighted by Crippen LogP contribution is 2.00. The third-order valence-corrected chi connectivity index (χ3v) is 2.45. The molecule has 0 heterocycles. The molecule has 0 rings (SSSR count). The van der Waals surface area contributed by atoms with Gasteiger partial charge in [0.15, 0.2) is 0 Å². The molecule has 0 aliphatic carbocycles. The summed E-state index contributed by atoms with van der Waals surface area (Å²) in [6, 6.07) is -0.171. The Labute approximate surface area is 96.6 Å². The lowest BCUT2D eigenvalue weighted by Gasteiger charge is -2.15. The monoisotopic (exact) mass is 230 g/mol. The fraction of sp³-hybridized carbons (Fsp3) is 0.818. The molecule has 0 saturated carbocycles. The maximum atomic E-state index is 11.4. The van der Waals surface area contributed by atoms with Crippen LogP contribution in [0.5, 0.6) is 0 Å². The lowest BCUT2D eigenvalue weighted by molar-refractivity contribution is -0.141. The number of hydrogen-bond acceptors (Lipinski definition) is 2. The zero-order valence-electron chi connectivity index (χ0n) is 10.2. The molecule has 2 unspecified atom stereocenters. The number of nitrogens with one attached hydrogen (secondary N) is 2. The highest BCUT2D eigenvalue weighted by Gasteiger charge is 2.16. The molecule has 5 heteroatoms. The second-order valence-electron chi connectivity index (χ2n) is 3.99. The average molecular weight is 230 g/mol. The van der Waals surface area contributed by atoms with Gasteiger partial charge < -0.3 is 15.7 Å². The van der Waals surface area contributed by atoms with Crippen LogP contribution in [0.3, 0.4) is 0 Å². The summed E-state index contributed by atoms with van der Waals surface area (Å²) in [6.45, 7) is 5.94. The minimum atomic E-state index is -0.871. The number of aliphatic carboxylic acids is 1. The van der Waals surface area contributed by atoms with Crippen molar-refractivity contribution < 1.29 is 14.7 Å².